The Hall–Kier alpha value is 3.18. The predicted molar refractivity (Wildman–Crippen MR) is 28.9 cm³/mol. The molecule has 0 atom stereocenters. The summed E-state index contributed by atoms with van der Waals surface area (Å²) in [5.41, 5.74) is 0. The summed E-state index contributed by atoms with van der Waals surface area (Å²) in [6, 6.07) is 0. The summed E-state index contributed by atoms with van der Waals surface area (Å²) in [5, 5.41) is 0. The second-order valence-corrected chi connectivity index (χ2v) is 0. The van der Waals surface area contributed by atoms with Crippen LogP contribution in [0.15, 0.2) is 0 Å². The van der Waals surface area contributed by atoms with Crippen LogP contribution in [0.5, 0.6) is 0 Å². The SMILES string of the molecule is S.[BaH2].[GaH3].[Zn]. The molecule has 0 unspecified atom stereocenters. The summed E-state index contributed by atoms with van der Waals surface area (Å²) in [6.45, 7) is 0. The van der Waals surface area contributed by atoms with Gasteiger partial charge in [0.1, 0.15) is 0 Å². The zero-order chi connectivity index (χ0) is 0. The van der Waals surface area contributed by atoms with Crippen molar-refractivity contribution in [1.82, 2.24) is 0 Å². The van der Waals surface area contributed by atoms with E-state index in [1.807, 2.05) is 0 Å². The van der Waals surface area contributed by atoms with Gasteiger partial charge in [0.15, 0.2) is 0 Å². The third-order valence-corrected chi connectivity index (χ3v) is 0. The molecule has 0 aliphatic carbocycles. The molecule has 0 aliphatic heterocycles. The smallest absolute Gasteiger partial charge is 0 e. The zero-order valence-electron chi connectivity index (χ0n) is 1.21. The molecule has 0 bridgehead atoms. The number of rotatable bonds is 0. The molecular weight excluding hydrogens is 305 g/mol. The van der Waals surface area contributed by atoms with Crippen LogP contribution < -0.4 is 0 Å². The Balaban J connectivity index is 0. The van der Waals surface area contributed by atoms with Crippen molar-refractivity contribution in [2.75, 3.05) is 0 Å². The maximum absolute atomic E-state index is 0. The second-order valence-electron chi connectivity index (χ2n) is 0. The molecule has 0 saturated heterocycles. The number of hydrogen-bond donors (Lipinski definition) is 0. The van der Waals surface area contributed by atoms with Crippen LogP contribution in [0.1, 0.15) is 0 Å². The quantitative estimate of drug-likeness (QED) is 0.455. The van der Waals surface area contributed by atoms with Gasteiger partial charge in [-0.3, -0.25) is 0 Å². The summed E-state index contributed by atoms with van der Waals surface area (Å²) in [5.74, 6) is 0. The van der Waals surface area contributed by atoms with Crippen LogP contribution >= 0.6 is 13.5 Å². The average Bonchev–Trinajstić information content (AvgIpc) is 0. The molecule has 0 nitrogen and oxygen atoms in total. The Morgan fingerprint density at radius 3 is 1.00 bits per heavy atom. The van der Waals surface area contributed by atoms with Crippen LogP contribution in [-0.4, -0.2) is 68.7 Å². The molecule has 0 amide bonds. The number of hydrogen-bond acceptors (Lipinski definition) is 0. The van der Waals surface area contributed by atoms with Crippen molar-refractivity contribution in [2.24, 2.45) is 0 Å². The minimum absolute atomic E-state index is 0. The van der Waals surface area contributed by atoms with E-state index >= 15 is 0 Å². The van der Waals surface area contributed by atoms with Crippen LogP contribution in [0.2, 0.25) is 0 Å². The predicted octanol–water partition coefficient (Wildman–Crippen LogP) is -1.99. The van der Waals surface area contributed by atoms with E-state index in [0.717, 1.165) is 0 Å². The molecule has 0 fully saturated rings. The van der Waals surface area contributed by atoms with Gasteiger partial charge < -0.3 is 0 Å². The molecule has 0 saturated carbocycles. The topological polar surface area (TPSA) is 0 Å². The molecule has 4 heavy (non-hydrogen) atoms. The van der Waals surface area contributed by atoms with Crippen LogP contribution in [0, 0.1) is 0 Å². The van der Waals surface area contributed by atoms with Crippen LogP contribution in [-0.2, 0) is 19.5 Å². The first-order valence-corrected chi connectivity index (χ1v) is 0. The van der Waals surface area contributed by atoms with Crippen LogP contribution in [0.4, 0.5) is 0 Å². The van der Waals surface area contributed by atoms with Gasteiger partial charge in [0.05, 0.1) is 0 Å². The molecular formula is H7BaGaSZn. The normalized spacial score (nSPS) is 0. The van der Waals surface area contributed by atoms with E-state index in [1.54, 1.807) is 0 Å². The van der Waals surface area contributed by atoms with E-state index in [1.165, 1.54) is 0 Å². The molecule has 4 heteroatoms. The fourth-order valence-electron chi connectivity index (χ4n) is 0. The van der Waals surface area contributed by atoms with Crippen molar-refractivity contribution < 1.29 is 19.5 Å². The van der Waals surface area contributed by atoms with E-state index in [0.29, 0.717) is 0 Å². The Labute approximate surface area is 99.2 Å². The van der Waals surface area contributed by atoms with Crippen LogP contribution in [0.25, 0.3) is 0 Å². The first kappa shape index (κ1) is 27.1. The first-order valence-electron chi connectivity index (χ1n) is 0. The average molecular weight is 312 g/mol. The first-order chi connectivity index (χ1) is 0. The summed E-state index contributed by atoms with van der Waals surface area (Å²) in [7, 11) is 0. The Bertz CT molecular complexity index is 8.00. The minimum atomic E-state index is 0. The summed E-state index contributed by atoms with van der Waals surface area (Å²) in [4.78, 5) is 0. The van der Waals surface area contributed by atoms with Gasteiger partial charge in [-0.15, -0.1) is 0 Å². The molecule has 0 aliphatic rings. The van der Waals surface area contributed by atoms with Crippen molar-refractivity contribution in [3.8, 4) is 0 Å². The Kier molecular flexibility index (Phi) is 111. The van der Waals surface area contributed by atoms with Gasteiger partial charge in [0.2, 0.25) is 0 Å². The van der Waals surface area contributed by atoms with E-state index in [9.17, 15) is 0 Å². The minimum Gasteiger partial charge on any atom is 0 e. The maximum atomic E-state index is 0. The van der Waals surface area contributed by atoms with Gasteiger partial charge in [0.25, 0.3) is 0 Å². The Morgan fingerprint density at radius 1 is 1.00 bits per heavy atom. The summed E-state index contributed by atoms with van der Waals surface area (Å²) >= 11 is 0. The van der Waals surface area contributed by atoms with Crippen LogP contribution in [0.3, 0.4) is 0 Å². The van der Waals surface area contributed by atoms with Gasteiger partial charge in [0, 0.05) is 19.5 Å². The van der Waals surface area contributed by atoms with Crippen molar-refractivity contribution in [1.29, 1.82) is 0 Å². The van der Waals surface area contributed by atoms with Gasteiger partial charge >= 0.3 is 68.7 Å². The van der Waals surface area contributed by atoms with Crippen molar-refractivity contribution >= 4 is 82.2 Å². The summed E-state index contributed by atoms with van der Waals surface area (Å²) < 4.78 is 0. The molecule has 0 radical (unpaired) electrons. The standard InChI is InChI=1S/Ba.Ga.H2S.Zn.5H/h;;1H2;;;;;;. The fourth-order valence-corrected chi connectivity index (χ4v) is 0. The zero-order valence-corrected chi connectivity index (χ0v) is 5.17. The van der Waals surface area contributed by atoms with E-state index in [2.05, 4.69) is 0 Å². The monoisotopic (exact) mass is 310 g/mol. The van der Waals surface area contributed by atoms with Crippen molar-refractivity contribution in [3.63, 3.8) is 0 Å². The molecule has 0 aromatic heterocycles. The van der Waals surface area contributed by atoms with Gasteiger partial charge in [-0.25, -0.2) is 0 Å². The Morgan fingerprint density at radius 2 is 1.00 bits per heavy atom. The largest absolute Gasteiger partial charge is 0 e. The molecule has 0 aromatic carbocycles. The molecule has 0 spiro atoms. The molecule has 0 heterocycles. The molecule has 0 rings (SSSR count). The molecule has 0 N–H and O–H groups in total. The van der Waals surface area contributed by atoms with Crippen molar-refractivity contribution in [2.45, 2.75) is 0 Å². The van der Waals surface area contributed by atoms with Crippen molar-refractivity contribution in [3.05, 3.63) is 0 Å². The second kappa shape index (κ2) is 16.4. The summed E-state index contributed by atoms with van der Waals surface area (Å²) in [6.07, 6.45) is 0. The third kappa shape index (κ3) is 8.95. The molecule has 0 aromatic rings. The fraction of sp³-hybridized carbons (Fsp3) is 0. The van der Waals surface area contributed by atoms with Gasteiger partial charge in [-0.1, -0.05) is 0 Å². The van der Waals surface area contributed by atoms with E-state index < -0.39 is 0 Å². The van der Waals surface area contributed by atoms with E-state index in [-0.39, 0.29) is 102 Å². The molecule has 20 valence electrons. The van der Waals surface area contributed by atoms with Gasteiger partial charge in [-0.05, 0) is 0 Å². The third-order valence-electron chi connectivity index (χ3n) is 0. The van der Waals surface area contributed by atoms with E-state index in [4.69, 9.17) is 0 Å². The van der Waals surface area contributed by atoms with Gasteiger partial charge in [-0.2, -0.15) is 13.5 Å². The maximum Gasteiger partial charge on any atom is 0 e.